The summed E-state index contributed by atoms with van der Waals surface area (Å²) in [7, 11) is 0. The zero-order valence-corrected chi connectivity index (χ0v) is 8.16. The minimum absolute atomic E-state index is 0.880. The van der Waals surface area contributed by atoms with Gasteiger partial charge in [0.2, 0.25) is 0 Å². The van der Waals surface area contributed by atoms with Crippen LogP contribution in [0.5, 0.6) is 5.75 Å². The number of ether oxygens (including phenoxy) is 1. The molecule has 0 spiro atoms. The second-order valence-electron chi connectivity index (χ2n) is 3.10. The molecule has 0 fully saturated rings. The quantitative estimate of drug-likeness (QED) is 0.731. The van der Waals surface area contributed by atoms with E-state index in [1.165, 1.54) is 0 Å². The monoisotopic (exact) mass is 187 g/mol. The summed E-state index contributed by atoms with van der Waals surface area (Å²) in [5.41, 5.74) is 1.10. The molecule has 0 bridgehead atoms. The summed E-state index contributed by atoms with van der Waals surface area (Å²) >= 11 is 0. The fourth-order valence-corrected chi connectivity index (χ4v) is 1.36. The van der Waals surface area contributed by atoms with E-state index in [-0.39, 0.29) is 0 Å². The molecule has 0 aliphatic heterocycles. The molecule has 2 aromatic rings. The van der Waals surface area contributed by atoms with Crippen molar-refractivity contribution >= 4 is 10.9 Å². The molecule has 14 heavy (non-hydrogen) atoms. The molecule has 2 rings (SSSR count). The standard InChI is InChI=1S/C12H13NO/c1-2-3-8-14-12-9-13-11-7-5-4-6-10(11)12/h3-9,13H,2H2,1H3. The fraction of sp³-hybridized carbons (Fsp3) is 0.167. The Morgan fingerprint density at radius 1 is 1.36 bits per heavy atom. The van der Waals surface area contributed by atoms with Gasteiger partial charge in [-0.3, -0.25) is 0 Å². The van der Waals surface area contributed by atoms with Gasteiger partial charge < -0.3 is 9.72 Å². The highest BCUT2D eigenvalue weighted by molar-refractivity contribution is 5.85. The minimum Gasteiger partial charge on any atom is -0.463 e. The maximum Gasteiger partial charge on any atom is 0.151 e. The van der Waals surface area contributed by atoms with Crippen LogP contribution in [0.3, 0.4) is 0 Å². The maximum atomic E-state index is 5.49. The first-order valence-electron chi connectivity index (χ1n) is 4.79. The van der Waals surface area contributed by atoms with E-state index in [0.29, 0.717) is 0 Å². The number of aromatic nitrogens is 1. The van der Waals surface area contributed by atoms with Crippen LogP contribution in [-0.2, 0) is 0 Å². The molecule has 0 atom stereocenters. The lowest BCUT2D eigenvalue weighted by Gasteiger charge is -1.96. The molecule has 0 saturated carbocycles. The van der Waals surface area contributed by atoms with Gasteiger partial charge in [-0.25, -0.2) is 0 Å². The molecule has 0 amide bonds. The zero-order valence-electron chi connectivity index (χ0n) is 8.16. The number of benzene rings is 1. The van der Waals surface area contributed by atoms with Crippen molar-refractivity contribution in [1.82, 2.24) is 4.98 Å². The van der Waals surface area contributed by atoms with Crippen LogP contribution in [0, 0.1) is 0 Å². The molecule has 0 radical (unpaired) electrons. The summed E-state index contributed by atoms with van der Waals surface area (Å²) in [6.07, 6.45) is 6.59. The molecule has 72 valence electrons. The highest BCUT2D eigenvalue weighted by Gasteiger charge is 2.00. The van der Waals surface area contributed by atoms with Crippen molar-refractivity contribution in [2.24, 2.45) is 0 Å². The first-order valence-corrected chi connectivity index (χ1v) is 4.79. The average molecular weight is 187 g/mol. The van der Waals surface area contributed by atoms with E-state index in [9.17, 15) is 0 Å². The number of para-hydroxylation sites is 1. The fourth-order valence-electron chi connectivity index (χ4n) is 1.36. The molecule has 0 saturated heterocycles. The number of hydrogen-bond donors (Lipinski definition) is 1. The SMILES string of the molecule is CCC=COc1c[nH]c2ccccc12. The molecule has 1 heterocycles. The van der Waals surface area contributed by atoms with E-state index in [2.05, 4.69) is 11.9 Å². The predicted molar refractivity (Wildman–Crippen MR) is 58.4 cm³/mol. The normalized spacial score (nSPS) is 11.2. The van der Waals surface area contributed by atoms with Crippen molar-refractivity contribution in [1.29, 1.82) is 0 Å². The van der Waals surface area contributed by atoms with E-state index < -0.39 is 0 Å². The lowest BCUT2D eigenvalue weighted by Crippen LogP contribution is -1.78. The molecule has 0 unspecified atom stereocenters. The summed E-state index contributed by atoms with van der Waals surface area (Å²) in [5, 5.41) is 1.12. The maximum absolute atomic E-state index is 5.49. The van der Waals surface area contributed by atoms with E-state index >= 15 is 0 Å². The van der Waals surface area contributed by atoms with Crippen LogP contribution in [0.15, 0.2) is 42.8 Å². The Bertz CT molecular complexity index is 442. The van der Waals surface area contributed by atoms with Gasteiger partial charge >= 0.3 is 0 Å². The van der Waals surface area contributed by atoms with Gasteiger partial charge in [-0.2, -0.15) is 0 Å². The van der Waals surface area contributed by atoms with Crippen LogP contribution in [-0.4, -0.2) is 4.98 Å². The highest BCUT2D eigenvalue weighted by atomic mass is 16.5. The third-order valence-electron chi connectivity index (χ3n) is 2.08. The molecule has 1 N–H and O–H groups in total. The topological polar surface area (TPSA) is 25.0 Å². The second kappa shape index (κ2) is 4.01. The molecule has 0 aliphatic carbocycles. The Morgan fingerprint density at radius 3 is 3.07 bits per heavy atom. The molecule has 2 heteroatoms. The summed E-state index contributed by atoms with van der Waals surface area (Å²) in [5.74, 6) is 0.880. The first kappa shape index (κ1) is 8.88. The average Bonchev–Trinajstić information content (AvgIpc) is 2.63. The number of aromatic amines is 1. The minimum atomic E-state index is 0.880. The highest BCUT2D eigenvalue weighted by Crippen LogP contribution is 2.24. The summed E-state index contributed by atoms with van der Waals surface area (Å²) in [4.78, 5) is 3.16. The number of H-pyrrole nitrogens is 1. The van der Waals surface area contributed by atoms with E-state index in [4.69, 9.17) is 4.74 Å². The smallest absolute Gasteiger partial charge is 0.151 e. The molecule has 1 aromatic heterocycles. The summed E-state index contributed by atoms with van der Waals surface area (Å²) in [6.45, 7) is 2.08. The van der Waals surface area contributed by atoms with Gasteiger partial charge in [-0.1, -0.05) is 19.1 Å². The Labute approximate surface area is 83.2 Å². The number of allylic oxidation sites excluding steroid dienone is 1. The Morgan fingerprint density at radius 2 is 2.21 bits per heavy atom. The summed E-state index contributed by atoms with van der Waals surface area (Å²) < 4.78 is 5.49. The number of fused-ring (bicyclic) bond motifs is 1. The van der Waals surface area contributed by atoms with Gasteiger partial charge in [0.25, 0.3) is 0 Å². The van der Waals surface area contributed by atoms with Gasteiger partial charge in [-0.15, -0.1) is 0 Å². The van der Waals surface area contributed by atoms with E-state index in [0.717, 1.165) is 23.1 Å². The lowest BCUT2D eigenvalue weighted by atomic mass is 10.2. The molecular formula is C12H13NO. The summed E-state index contributed by atoms with van der Waals surface area (Å²) in [6, 6.07) is 8.09. The van der Waals surface area contributed by atoms with Crippen LogP contribution >= 0.6 is 0 Å². The van der Waals surface area contributed by atoms with Crippen LogP contribution in [0.4, 0.5) is 0 Å². The van der Waals surface area contributed by atoms with Crippen molar-refractivity contribution in [3.05, 3.63) is 42.8 Å². The predicted octanol–water partition coefficient (Wildman–Crippen LogP) is 3.47. The van der Waals surface area contributed by atoms with Crippen molar-refractivity contribution in [3.8, 4) is 5.75 Å². The van der Waals surface area contributed by atoms with Crippen molar-refractivity contribution in [2.75, 3.05) is 0 Å². The van der Waals surface area contributed by atoms with Crippen molar-refractivity contribution < 1.29 is 4.74 Å². The van der Waals surface area contributed by atoms with Gasteiger partial charge in [0.05, 0.1) is 6.26 Å². The van der Waals surface area contributed by atoms with E-state index in [1.807, 2.05) is 36.5 Å². The van der Waals surface area contributed by atoms with Crippen molar-refractivity contribution in [3.63, 3.8) is 0 Å². The number of hydrogen-bond acceptors (Lipinski definition) is 1. The molecule has 0 aliphatic rings. The van der Waals surface area contributed by atoms with Crippen LogP contribution in [0.1, 0.15) is 13.3 Å². The van der Waals surface area contributed by atoms with Crippen LogP contribution in [0.25, 0.3) is 10.9 Å². The lowest BCUT2D eigenvalue weighted by molar-refractivity contribution is 0.484. The second-order valence-corrected chi connectivity index (χ2v) is 3.10. The van der Waals surface area contributed by atoms with Gasteiger partial charge in [0.1, 0.15) is 0 Å². The van der Waals surface area contributed by atoms with Gasteiger partial charge in [-0.05, 0) is 24.6 Å². The Balaban J connectivity index is 2.29. The number of rotatable bonds is 3. The van der Waals surface area contributed by atoms with Crippen LogP contribution < -0.4 is 4.74 Å². The van der Waals surface area contributed by atoms with Gasteiger partial charge in [0.15, 0.2) is 5.75 Å². The largest absolute Gasteiger partial charge is 0.463 e. The molecule has 2 nitrogen and oxygen atoms in total. The van der Waals surface area contributed by atoms with Gasteiger partial charge in [0, 0.05) is 17.1 Å². The Kier molecular flexibility index (Phi) is 2.54. The first-order chi connectivity index (χ1) is 6.92. The number of nitrogens with one attached hydrogen (secondary N) is 1. The zero-order chi connectivity index (χ0) is 9.80. The third-order valence-corrected chi connectivity index (χ3v) is 2.08. The van der Waals surface area contributed by atoms with E-state index in [1.54, 1.807) is 6.26 Å². The molecular weight excluding hydrogens is 174 g/mol. The van der Waals surface area contributed by atoms with Crippen molar-refractivity contribution in [2.45, 2.75) is 13.3 Å². The van der Waals surface area contributed by atoms with Crippen LogP contribution in [0.2, 0.25) is 0 Å². The molecule has 1 aromatic carbocycles. The third kappa shape index (κ3) is 1.64. The Hall–Kier alpha value is -1.70.